The van der Waals surface area contributed by atoms with Gasteiger partial charge in [-0.15, -0.1) is 10.2 Å². The number of aromatic nitrogens is 2. The number of carbonyl (C=O) groups is 1. The van der Waals surface area contributed by atoms with E-state index >= 15 is 0 Å². The Morgan fingerprint density at radius 2 is 2.43 bits per heavy atom. The smallest absolute Gasteiger partial charge is 0.237 e. The van der Waals surface area contributed by atoms with Crippen LogP contribution < -0.4 is 9.64 Å². The summed E-state index contributed by atoms with van der Waals surface area (Å²) in [5.41, 5.74) is 3.86. The van der Waals surface area contributed by atoms with Crippen LogP contribution in [-0.4, -0.2) is 35.5 Å². The molecule has 1 aliphatic rings. The SMILES string of the molecule is COc1ccc2c(c1)CCCN2C(=O)CSc1nncs1. The van der Waals surface area contributed by atoms with Crippen molar-refractivity contribution in [2.45, 2.75) is 17.2 Å². The Balaban J connectivity index is 1.73. The summed E-state index contributed by atoms with van der Waals surface area (Å²) in [5, 5.41) is 7.72. The minimum absolute atomic E-state index is 0.112. The summed E-state index contributed by atoms with van der Waals surface area (Å²) in [6, 6.07) is 5.90. The van der Waals surface area contributed by atoms with E-state index in [2.05, 4.69) is 10.2 Å². The fourth-order valence-corrected chi connectivity index (χ4v) is 3.75. The molecule has 0 saturated heterocycles. The van der Waals surface area contributed by atoms with Crippen LogP contribution in [0, 0.1) is 0 Å². The summed E-state index contributed by atoms with van der Waals surface area (Å²) >= 11 is 2.90. The molecule has 0 atom stereocenters. The zero-order valence-corrected chi connectivity index (χ0v) is 13.2. The Bertz CT molecular complexity index is 631. The number of rotatable bonds is 4. The highest BCUT2D eigenvalue weighted by molar-refractivity contribution is 8.01. The first-order valence-corrected chi connectivity index (χ1v) is 8.50. The fourth-order valence-electron chi connectivity index (χ4n) is 2.39. The predicted molar refractivity (Wildman–Crippen MR) is 84.3 cm³/mol. The van der Waals surface area contributed by atoms with E-state index in [9.17, 15) is 4.79 Å². The van der Waals surface area contributed by atoms with Gasteiger partial charge in [-0.1, -0.05) is 23.1 Å². The molecule has 0 N–H and O–H groups in total. The lowest BCUT2D eigenvalue weighted by molar-refractivity contribution is -0.116. The number of nitrogens with zero attached hydrogens (tertiary/aromatic N) is 3. The molecule has 1 aromatic heterocycles. The average Bonchev–Trinajstić information content (AvgIpc) is 3.04. The highest BCUT2D eigenvalue weighted by Gasteiger charge is 2.23. The van der Waals surface area contributed by atoms with E-state index in [0.717, 1.165) is 35.2 Å². The van der Waals surface area contributed by atoms with Crippen molar-refractivity contribution in [3.63, 3.8) is 0 Å². The Labute approximate surface area is 131 Å². The molecule has 1 aliphatic heterocycles. The van der Waals surface area contributed by atoms with Crippen molar-refractivity contribution in [1.29, 1.82) is 0 Å². The van der Waals surface area contributed by atoms with E-state index in [1.165, 1.54) is 28.7 Å². The number of hydrogen-bond acceptors (Lipinski definition) is 6. The van der Waals surface area contributed by atoms with Crippen LogP contribution in [0.2, 0.25) is 0 Å². The third kappa shape index (κ3) is 3.19. The zero-order chi connectivity index (χ0) is 14.7. The van der Waals surface area contributed by atoms with Gasteiger partial charge in [0.1, 0.15) is 11.3 Å². The van der Waals surface area contributed by atoms with Gasteiger partial charge in [-0.25, -0.2) is 0 Å². The number of benzene rings is 1. The number of carbonyl (C=O) groups excluding carboxylic acids is 1. The van der Waals surface area contributed by atoms with Gasteiger partial charge in [-0.2, -0.15) is 0 Å². The molecule has 0 fully saturated rings. The van der Waals surface area contributed by atoms with Crippen LogP contribution in [-0.2, 0) is 11.2 Å². The van der Waals surface area contributed by atoms with Gasteiger partial charge in [0.2, 0.25) is 5.91 Å². The normalized spacial score (nSPS) is 13.9. The number of anilines is 1. The maximum atomic E-state index is 12.4. The number of fused-ring (bicyclic) bond motifs is 1. The summed E-state index contributed by atoms with van der Waals surface area (Å²) in [7, 11) is 1.66. The summed E-state index contributed by atoms with van der Waals surface area (Å²) in [5.74, 6) is 1.34. The van der Waals surface area contributed by atoms with Gasteiger partial charge >= 0.3 is 0 Å². The molecule has 0 unspecified atom stereocenters. The van der Waals surface area contributed by atoms with Crippen molar-refractivity contribution >= 4 is 34.7 Å². The fraction of sp³-hybridized carbons (Fsp3) is 0.357. The number of amides is 1. The average molecular weight is 321 g/mol. The van der Waals surface area contributed by atoms with Crippen LogP contribution >= 0.6 is 23.1 Å². The standard InChI is InChI=1S/C14H15N3O2S2/c1-19-11-4-5-12-10(7-11)3-2-6-17(12)13(18)8-20-14-16-15-9-21-14/h4-5,7,9H,2-3,6,8H2,1H3. The second-order valence-corrected chi connectivity index (χ2v) is 6.69. The monoisotopic (exact) mass is 321 g/mol. The van der Waals surface area contributed by atoms with Crippen molar-refractivity contribution in [3.05, 3.63) is 29.3 Å². The van der Waals surface area contributed by atoms with Crippen molar-refractivity contribution in [3.8, 4) is 5.75 Å². The van der Waals surface area contributed by atoms with Gasteiger partial charge in [-0.05, 0) is 36.6 Å². The Hall–Kier alpha value is -1.60. The second-order valence-electron chi connectivity index (χ2n) is 4.64. The van der Waals surface area contributed by atoms with Crippen LogP contribution in [0.25, 0.3) is 0 Å². The minimum atomic E-state index is 0.112. The van der Waals surface area contributed by atoms with Crippen molar-refractivity contribution in [2.24, 2.45) is 0 Å². The highest BCUT2D eigenvalue weighted by atomic mass is 32.2. The van der Waals surface area contributed by atoms with Crippen LogP contribution in [0.15, 0.2) is 28.0 Å². The van der Waals surface area contributed by atoms with Gasteiger partial charge in [0.25, 0.3) is 0 Å². The Kier molecular flexibility index (Phi) is 4.40. The first kappa shape index (κ1) is 14.3. The molecule has 110 valence electrons. The summed E-state index contributed by atoms with van der Waals surface area (Å²) in [6.45, 7) is 0.773. The molecule has 7 heteroatoms. The van der Waals surface area contributed by atoms with E-state index < -0.39 is 0 Å². The Morgan fingerprint density at radius 1 is 1.52 bits per heavy atom. The Morgan fingerprint density at radius 3 is 3.19 bits per heavy atom. The topological polar surface area (TPSA) is 55.3 Å². The molecule has 5 nitrogen and oxygen atoms in total. The molecular weight excluding hydrogens is 306 g/mol. The van der Waals surface area contributed by atoms with Crippen molar-refractivity contribution in [2.75, 3.05) is 24.3 Å². The van der Waals surface area contributed by atoms with Crippen LogP contribution in [0.3, 0.4) is 0 Å². The highest BCUT2D eigenvalue weighted by Crippen LogP contribution is 2.31. The minimum Gasteiger partial charge on any atom is -0.497 e. The predicted octanol–water partition coefficient (Wildman–Crippen LogP) is 2.62. The molecule has 1 aromatic carbocycles. The lowest BCUT2D eigenvalue weighted by Crippen LogP contribution is -2.36. The molecule has 2 aromatic rings. The van der Waals surface area contributed by atoms with Gasteiger partial charge in [0.05, 0.1) is 12.9 Å². The lowest BCUT2D eigenvalue weighted by atomic mass is 10.0. The van der Waals surface area contributed by atoms with Gasteiger partial charge < -0.3 is 9.64 Å². The van der Waals surface area contributed by atoms with E-state index in [0.29, 0.717) is 5.75 Å². The number of hydrogen-bond donors (Lipinski definition) is 0. The molecule has 0 bridgehead atoms. The molecule has 0 aliphatic carbocycles. The van der Waals surface area contributed by atoms with E-state index in [-0.39, 0.29) is 5.91 Å². The van der Waals surface area contributed by atoms with Crippen LogP contribution in [0.5, 0.6) is 5.75 Å². The van der Waals surface area contributed by atoms with Crippen molar-refractivity contribution in [1.82, 2.24) is 10.2 Å². The summed E-state index contributed by atoms with van der Waals surface area (Å²) < 4.78 is 6.08. The molecule has 21 heavy (non-hydrogen) atoms. The lowest BCUT2D eigenvalue weighted by Gasteiger charge is -2.29. The van der Waals surface area contributed by atoms with E-state index in [1.807, 2.05) is 23.1 Å². The number of methoxy groups -OCH3 is 1. The van der Waals surface area contributed by atoms with E-state index in [1.54, 1.807) is 12.6 Å². The third-order valence-corrected chi connectivity index (χ3v) is 5.21. The third-order valence-electron chi connectivity index (χ3n) is 3.37. The molecule has 0 radical (unpaired) electrons. The maximum absolute atomic E-state index is 12.4. The molecule has 2 heterocycles. The van der Waals surface area contributed by atoms with Gasteiger partial charge in [0.15, 0.2) is 4.34 Å². The van der Waals surface area contributed by atoms with Crippen LogP contribution in [0.4, 0.5) is 5.69 Å². The number of thioether (sulfide) groups is 1. The molecular formula is C14H15N3O2S2. The van der Waals surface area contributed by atoms with E-state index in [4.69, 9.17) is 4.74 Å². The molecule has 1 amide bonds. The number of ether oxygens (including phenoxy) is 1. The zero-order valence-electron chi connectivity index (χ0n) is 11.6. The molecule has 3 rings (SSSR count). The first-order chi connectivity index (χ1) is 10.3. The quantitative estimate of drug-likeness (QED) is 0.810. The molecule has 0 saturated carbocycles. The largest absolute Gasteiger partial charge is 0.497 e. The first-order valence-electron chi connectivity index (χ1n) is 6.64. The number of aryl methyl sites for hydroxylation is 1. The summed E-state index contributed by atoms with van der Waals surface area (Å²) in [4.78, 5) is 14.3. The van der Waals surface area contributed by atoms with Gasteiger partial charge in [0, 0.05) is 12.2 Å². The summed E-state index contributed by atoms with van der Waals surface area (Å²) in [6.07, 6.45) is 1.97. The second kappa shape index (κ2) is 6.44. The molecule has 0 spiro atoms. The maximum Gasteiger partial charge on any atom is 0.237 e. The van der Waals surface area contributed by atoms with Gasteiger partial charge in [-0.3, -0.25) is 4.79 Å². The van der Waals surface area contributed by atoms with Crippen LogP contribution in [0.1, 0.15) is 12.0 Å². The van der Waals surface area contributed by atoms with Crippen molar-refractivity contribution < 1.29 is 9.53 Å².